The van der Waals surface area contributed by atoms with E-state index in [4.69, 9.17) is 5.11 Å². The lowest BCUT2D eigenvalue weighted by molar-refractivity contribution is -0.120. The van der Waals surface area contributed by atoms with Crippen molar-refractivity contribution in [3.8, 4) is 0 Å². The number of hydrogen-bond acceptors (Lipinski definition) is 4. The minimum Gasteiger partial charge on any atom is -0.478 e. The van der Waals surface area contributed by atoms with Crippen LogP contribution in [-0.2, 0) is 14.8 Å². The Bertz CT molecular complexity index is 689. The molecule has 1 aliphatic rings. The summed E-state index contributed by atoms with van der Waals surface area (Å²) in [6.07, 6.45) is 0.501. The highest BCUT2D eigenvalue weighted by atomic mass is 79.9. The van der Waals surface area contributed by atoms with Gasteiger partial charge in [-0.1, -0.05) is 0 Å². The zero-order valence-corrected chi connectivity index (χ0v) is 13.3. The van der Waals surface area contributed by atoms with Crippen molar-refractivity contribution in [1.29, 1.82) is 0 Å². The third-order valence-electron chi connectivity index (χ3n) is 3.02. The highest BCUT2D eigenvalue weighted by molar-refractivity contribution is 9.10. The van der Waals surface area contributed by atoms with Gasteiger partial charge in [0.25, 0.3) is 0 Å². The maximum atomic E-state index is 12.6. The van der Waals surface area contributed by atoms with Gasteiger partial charge in [0, 0.05) is 17.6 Å². The van der Waals surface area contributed by atoms with Gasteiger partial charge in [-0.25, -0.2) is 13.2 Å². The molecular weight excluding hydrogens is 364 g/mol. The van der Waals surface area contributed by atoms with E-state index in [2.05, 4.69) is 21.2 Å². The van der Waals surface area contributed by atoms with Crippen molar-refractivity contribution in [2.75, 3.05) is 19.6 Å². The standard InChI is InChI=1S/C12H13BrN2O5S/c13-9-3-2-8(12(17)18)6-10(9)21(19,20)15-5-1-4-14-11(16)7-15/h2-3,6H,1,4-5,7H2,(H,14,16)(H,17,18). The topological polar surface area (TPSA) is 104 Å². The highest BCUT2D eigenvalue weighted by Gasteiger charge is 2.30. The number of carboxylic acid groups (broad SMARTS) is 1. The molecule has 1 saturated heterocycles. The molecule has 2 rings (SSSR count). The van der Waals surface area contributed by atoms with E-state index in [1.54, 1.807) is 0 Å². The summed E-state index contributed by atoms with van der Waals surface area (Å²) in [6.45, 7) is 0.345. The fraction of sp³-hybridized carbons (Fsp3) is 0.333. The minimum atomic E-state index is -3.94. The highest BCUT2D eigenvalue weighted by Crippen LogP contribution is 2.26. The van der Waals surface area contributed by atoms with Crippen LogP contribution in [0.25, 0.3) is 0 Å². The largest absolute Gasteiger partial charge is 0.478 e. The summed E-state index contributed by atoms with van der Waals surface area (Å²) in [6, 6.07) is 3.76. The maximum Gasteiger partial charge on any atom is 0.335 e. The lowest BCUT2D eigenvalue weighted by atomic mass is 10.2. The molecule has 0 aliphatic carbocycles. The van der Waals surface area contributed by atoms with Crippen molar-refractivity contribution in [2.45, 2.75) is 11.3 Å². The quantitative estimate of drug-likeness (QED) is 0.806. The molecule has 1 fully saturated rings. The Morgan fingerprint density at radius 1 is 1.38 bits per heavy atom. The molecule has 1 aliphatic heterocycles. The Morgan fingerprint density at radius 2 is 2.10 bits per heavy atom. The average molecular weight is 377 g/mol. The number of carboxylic acids is 1. The monoisotopic (exact) mass is 376 g/mol. The normalized spacial score (nSPS) is 17.1. The molecule has 0 spiro atoms. The molecule has 0 saturated carbocycles. The number of benzene rings is 1. The van der Waals surface area contributed by atoms with Crippen LogP contribution in [0.3, 0.4) is 0 Å². The number of aromatic carboxylic acids is 1. The zero-order chi connectivity index (χ0) is 15.6. The number of carbonyl (C=O) groups excluding carboxylic acids is 1. The van der Waals surface area contributed by atoms with Crippen LogP contribution in [-0.4, -0.2) is 49.3 Å². The molecule has 0 bridgehead atoms. The Morgan fingerprint density at radius 3 is 2.76 bits per heavy atom. The number of sulfonamides is 1. The molecule has 21 heavy (non-hydrogen) atoms. The predicted octanol–water partition coefficient (Wildman–Crippen LogP) is 0.658. The summed E-state index contributed by atoms with van der Waals surface area (Å²) >= 11 is 3.12. The second-order valence-electron chi connectivity index (χ2n) is 4.49. The van der Waals surface area contributed by atoms with Gasteiger partial charge in [0.2, 0.25) is 15.9 Å². The maximum absolute atomic E-state index is 12.6. The Kier molecular flexibility index (Phi) is 4.64. The Hall–Kier alpha value is -1.45. The first kappa shape index (κ1) is 15.9. The first-order valence-corrected chi connectivity index (χ1v) is 8.35. The van der Waals surface area contributed by atoms with E-state index in [-0.39, 0.29) is 33.9 Å². The fourth-order valence-electron chi connectivity index (χ4n) is 1.96. The van der Waals surface area contributed by atoms with E-state index in [1.807, 2.05) is 0 Å². The van der Waals surface area contributed by atoms with Crippen LogP contribution in [0.5, 0.6) is 0 Å². The molecular formula is C12H13BrN2O5S. The van der Waals surface area contributed by atoms with Gasteiger partial charge >= 0.3 is 5.97 Å². The van der Waals surface area contributed by atoms with E-state index >= 15 is 0 Å². The van der Waals surface area contributed by atoms with Gasteiger partial charge in [0.1, 0.15) is 0 Å². The van der Waals surface area contributed by atoms with E-state index < -0.39 is 16.0 Å². The third kappa shape index (κ3) is 3.42. The third-order valence-corrected chi connectivity index (χ3v) is 5.86. The van der Waals surface area contributed by atoms with Crippen molar-refractivity contribution in [3.63, 3.8) is 0 Å². The molecule has 0 aromatic heterocycles. The summed E-state index contributed by atoms with van der Waals surface area (Å²) in [5, 5.41) is 11.6. The first-order chi connectivity index (χ1) is 9.82. The SMILES string of the molecule is O=C1CN(S(=O)(=O)c2cc(C(=O)O)ccc2Br)CCCN1. The van der Waals surface area contributed by atoms with Gasteiger partial charge in [-0.05, 0) is 40.5 Å². The fourth-order valence-corrected chi connectivity index (χ4v) is 4.34. The summed E-state index contributed by atoms with van der Waals surface area (Å²) in [4.78, 5) is 22.3. The van der Waals surface area contributed by atoms with Crippen LogP contribution >= 0.6 is 15.9 Å². The van der Waals surface area contributed by atoms with Crippen molar-refractivity contribution >= 4 is 37.8 Å². The molecule has 0 unspecified atom stereocenters. The van der Waals surface area contributed by atoms with Gasteiger partial charge in [-0.3, -0.25) is 4.79 Å². The lowest BCUT2D eigenvalue weighted by Crippen LogP contribution is -2.37. The van der Waals surface area contributed by atoms with E-state index in [0.29, 0.717) is 13.0 Å². The summed E-state index contributed by atoms with van der Waals surface area (Å²) in [5.74, 6) is -1.59. The molecule has 0 radical (unpaired) electrons. The van der Waals surface area contributed by atoms with Crippen molar-refractivity contribution < 1.29 is 23.1 Å². The smallest absolute Gasteiger partial charge is 0.335 e. The number of amides is 1. The summed E-state index contributed by atoms with van der Waals surface area (Å²) < 4.78 is 26.5. The van der Waals surface area contributed by atoms with Gasteiger partial charge in [0.05, 0.1) is 17.0 Å². The van der Waals surface area contributed by atoms with Gasteiger partial charge in [0.15, 0.2) is 0 Å². The van der Waals surface area contributed by atoms with E-state index in [9.17, 15) is 18.0 Å². The molecule has 7 nitrogen and oxygen atoms in total. The van der Waals surface area contributed by atoms with Crippen LogP contribution in [0.15, 0.2) is 27.6 Å². The number of nitrogens with zero attached hydrogens (tertiary/aromatic N) is 1. The molecule has 1 aromatic rings. The van der Waals surface area contributed by atoms with Crippen molar-refractivity contribution in [3.05, 3.63) is 28.2 Å². The molecule has 9 heteroatoms. The molecule has 1 amide bonds. The number of hydrogen-bond donors (Lipinski definition) is 2. The van der Waals surface area contributed by atoms with E-state index in [1.165, 1.54) is 12.1 Å². The van der Waals surface area contributed by atoms with Crippen LogP contribution in [0, 0.1) is 0 Å². The van der Waals surface area contributed by atoms with Crippen LogP contribution in [0.4, 0.5) is 0 Å². The van der Waals surface area contributed by atoms with Crippen LogP contribution < -0.4 is 5.32 Å². The minimum absolute atomic E-state index is 0.129. The predicted molar refractivity (Wildman–Crippen MR) is 77.5 cm³/mol. The van der Waals surface area contributed by atoms with Crippen molar-refractivity contribution in [2.24, 2.45) is 0 Å². The van der Waals surface area contributed by atoms with Crippen LogP contribution in [0.1, 0.15) is 16.8 Å². The number of carbonyl (C=O) groups is 2. The van der Waals surface area contributed by atoms with Gasteiger partial charge in [-0.15, -0.1) is 0 Å². The number of rotatable bonds is 3. The first-order valence-electron chi connectivity index (χ1n) is 6.12. The van der Waals surface area contributed by atoms with Gasteiger partial charge < -0.3 is 10.4 Å². The second-order valence-corrected chi connectivity index (χ2v) is 7.25. The molecule has 0 atom stereocenters. The average Bonchev–Trinajstić information content (AvgIpc) is 2.64. The summed E-state index contributed by atoms with van der Waals surface area (Å²) in [7, 11) is -3.94. The zero-order valence-electron chi connectivity index (χ0n) is 10.9. The summed E-state index contributed by atoms with van der Waals surface area (Å²) in [5.41, 5.74) is -0.129. The molecule has 2 N–H and O–H groups in total. The number of nitrogens with one attached hydrogen (secondary N) is 1. The van der Waals surface area contributed by atoms with Gasteiger partial charge in [-0.2, -0.15) is 4.31 Å². The van der Waals surface area contributed by atoms with E-state index in [0.717, 1.165) is 10.4 Å². The molecule has 114 valence electrons. The lowest BCUT2D eigenvalue weighted by Gasteiger charge is -2.19. The van der Waals surface area contributed by atoms with Crippen molar-refractivity contribution in [1.82, 2.24) is 9.62 Å². The molecule has 1 aromatic carbocycles. The number of halogens is 1. The Balaban J connectivity index is 2.45. The Labute approximate surface area is 130 Å². The molecule has 1 heterocycles. The van der Waals surface area contributed by atoms with Crippen LogP contribution in [0.2, 0.25) is 0 Å². The second kappa shape index (κ2) is 6.12.